The van der Waals surface area contributed by atoms with Crippen LogP contribution in [0.25, 0.3) is 10.8 Å². The third-order valence-electron chi connectivity index (χ3n) is 6.24. The summed E-state index contributed by atoms with van der Waals surface area (Å²) in [5.74, 6) is -0.426. The van der Waals surface area contributed by atoms with Gasteiger partial charge in [0.1, 0.15) is 0 Å². The molecule has 0 spiro atoms. The number of benzene rings is 5. The number of carbonyl (C=O) groups excluding carboxylic acids is 1. The van der Waals surface area contributed by atoms with Crippen LogP contribution < -0.4 is 14.8 Å². The number of hydrogen-bond acceptors (Lipinski definition) is 5. The molecular weight excluding hydrogens is 546 g/mol. The minimum atomic E-state index is -3.87. The number of rotatable bonds is 8. The number of aryl methyl sites for hydroxylation is 1. The van der Waals surface area contributed by atoms with Crippen LogP contribution in [0, 0.1) is 6.92 Å². The van der Waals surface area contributed by atoms with Gasteiger partial charge in [0.05, 0.1) is 21.2 Å². The fourth-order valence-corrected chi connectivity index (χ4v) is 6.39. The fraction of sp³-hybridized carbons (Fsp3) is 0.0333. The van der Waals surface area contributed by atoms with E-state index in [0.717, 1.165) is 10.8 Å². The first-order chi connectivity index (χ1) is 19.1. The molecule has 0 saturated heterocycles. The zero-order valence-electron chi connectivity index (χ0n) is 21.3. The molecule has 0 atom stereocenters. The maximum atomic E-state index is 13.0. The van der Waals surface area contributed by atoms with Crippen LogP contribution in [0.4, 0.5) is 17.1 Å². The van der Waals surface area contributed by atoms with E-state index in [4.69, 9.17) is 0 Å². The summed E-state index contributed by atoms with van der Waals surface area (Å²) in [6.07, 6.45) is 0. The predicted molar refractivity (Wildman–Crippen MR) is 158 cm³/mol. The van der Waals surface area contributed by atoms with Crippen LogP contribution in [0.15, 0.2) is 125 Å². The van der Waals surface area contributed by atoms with Crippen LogP contribution in [-0.2, 0) is 20.0 Å². The summed E-state index contributed by atoms with van der Waals surface area (Å²) in [6, 6.07) is 31.3. The van der Waals surface area contributed by atoms with E-state index in [2.05, 4.69) is 14.8 Å². The van der Waals surface area contributed by atoms with Crippen molar-refractivity contribution in [3.63, 3.8) is 0 Å². The van der Waals surface area contributed by atoms with E-state index in [1.165, 1.54) is 48.5 Å². The highest BCUT2D eigenvalue weighted by atomic mass is 32.2. The lowest BCUT2D eigenvalue weighted by Gasteiger charge is -2.13. The number of carbonyl (C=O) groups is 1. The molecule has 0 unspecified atom stereocenters. The van der Waals surface area contributed by atoms with Crippen LogP contribution >= 0.6 is 0 Å². The van der Waals surface area contributed by atoms with Crippen LogP contribution in [0.5, 0.6) is 0 Å². The minimum absolute atomic E-state index is 0.0457. The second kappa shape index (κ2) is 10.8. The lowest BCUT2D eigenvalue weighted by Crippen LogP contribution is -2.16. The van der Waals surface area contributed by atoms with Crippen LogP contribution in [0.3, 0.4) is 0 Å². The minimum Gasteiger partial charge on any atom is -0.322 e. The summed E-state index contributed by atoms with van der Waals surface area (Å²) < 4.78 is 56.5. The van der Waals surface area contributed by atoms with Gasteiger partial charge in [-0.25, -0.2) is 16.8 Å². The van der Waals surface area contributed by atoms with Gasteiger partial charge in [-0.3, -0.25) is 14.2 Å². The van der Waals surface area contributed by atoms with Gasteiger partial charge in [-0.15, -0.1) is 0 Å². The third-order valence-corrected chi connectivity index (χ3v) is 9.01. The van der Waals surface area contributed by atoms with Gasteiger partial charge < -0.3 is 5.32 Å². The molecule has 40 heavy (non-hydrogen) atoms. The number of hydrogen-bond donors (Lipinski definition) is 3. The standard InChI is InChI=1S/C30H25N3O5S2/c1-21-20-23(14-19-28(21)32-39(35,36)25-10-3-2-4-11-25)30(34)31-24-15-17-26(18-16-24)40(37,38)33-29-13-7-9-22-8-5-6-12-27(22)29/h2-20,32-33H,1H3,(H,31,34). The van der Waals surface area contributed by atoms with Gasteiger partial charge in [-0.1, -0.05) is 54.6 Å². The van der Waals surface area contributed by atoms with Gasteiger partial charge in [0, 0.05) is 16.6 Å². The number of amides is 1. The van der Waals surface area contributed by atoms with Gasteiger partial charge >= 0.3 is 0 Å². The van der Waals surface area contributed by atoms with E-state index in [9.17, 15) is 21.6 Å². The summed E-state index contributed by atoms with van der Waals surface area (Å²) in [4.78, 5) is 13.0. The van der Waals surface area contributed by atoms with E-state index in [0.29, 0.717) is 28.2 Å². The molecular formula is C30H25N3O5S2. The number of fused-ring (bicyclic) bond motifs is 1. The Labute approximate surface area is 232 Å². The van der Waals surface area contributed by atoms with Gasteiger partial charge in [-0.2, -0.15) is 0 Å². The van der Waals surface area contributed by atoms with Crippen molar-refractivity contribution in [1.82, 2.24) is 0 Å². The molecule has 3 N–H and O–H groups in total. The molecule has 0 aliphatic heterocycles. The molecule has 1 amide bonds. The molecule has 0 heterocycles. The molecule has 5 aromatic carbocycles. The van der Waals surface area contributed by atoms with E-state index in [1.807, 2.05) is 30.3 Å². The first kappa shape index (κ1) is 26.9. The van der Waals surface area contributed by atoms with Crippen LogP contribution in [-0.4, -0.2) is 22.7 Å². The van der Waals surface area contributed by atoms with Gasteiger partial charge in [0.25, 0.3) is 26.0 Å². The van der Waals surface area contributed by atoms with E-state index in [-0.39, 0.29) is 9.79 Å². The molecule has 0 saturated carbocycles. The number of sulfonamides is 2. The van der Waals surface area contributed by atoms with Crippen molar-refractivity contribution in [2.45, 2.75) is 16.7 Å². The largest absolute Gasteiger partial charge is 0.322 e. The van der Waals surface area contributed by atoms with Crippen molar-refractivity contribution >= 4 is 53.8 Å². The fourth-order valence-electron chi connectivity index (χ4n) is 4.16. The van der Waals surface area contributed by atoms with Crippen molar-refractivity contribution in [3.05, 3.63) is 126 Å². The second-order valence-corrected chi connectivity index (χ2v) is 12.4. The summed E-state index contributed by atoms with van der Waals surface area (Å²) in [6.45, 7) is 1.70. The molecule has 0 aliphatic rings. The highest BCUT2D eigenvalue weighted by molar-refractivity contribution is 7.93. The highest BCUT2D eigenvalue weighted by Crippen LogP contribution is 2.26. The van der Waals surface area contributed by atoms with Gasteiger partial charge in [0.2, 0.25) is 0 Å². The lowest BCUT2D eigenvalue weighted by atomic mass is 10.1. The highest BCUT2D eigenvalue weighted by Gasteiger charge is 2.18. The molecule has 0 aliphatic carbocycles. The Hall–Kier alpha value is -4.67. The Morgan fingerprint density at radius 2 is 1.20 bits per heavy atom. The zero-order chi connectivity index (χ0) is 28.3. The maximum absolute atomic E-state index is 13.0. The van der Waals surface area contributed by atoms with Gasteiger partial charge in [0.15, 0.2) is 0 Å². The van der Waals surface area contributed by atoms with Crippen molar-refractivity contribution in [2.75, 3.05) is 14.8 Å². The lowest BCUT2D eigenvalue weighted by molar-refractivity contribution is 0.102. The van der Waals surface area contributed by atoms with E-state index >= 15 is 0 Å². The monoisotopic (exact) mass is 571 g/mol. The molecule has 5 rings (SSSR count). The molecule has 0 aromatic heterocycles. The summed E-state index contributed by atoms with van der Waals surface area (Å²) >= 11 is 0. The molecule has 8 nitrogen and oxygen atoms in total. The Kier molecular flexibility index (Phi) is 7.29. The first-order valence-electron chi connectivity index (χ1n) is 12.2. The molecule has 10 heteroatoms. The van der Waals surface area contributed by atoms with Crippen molar-refractivity contribution in [1.29, 1.82) is 0 Å². The quantitative estimate of drug-likeness (QED) is 0.211. The number of nitrogens with one attached hydrogen (secondary N) is 3. The van der Waals surface area contributed by atoms with Crippen LogP contribution in [0.2, 0.25) is 0 Å². The molecule has 0 fully saturated rings. The third kappa shape index (κ3) is 5.83. The van der Waals surface area contributed by atoms with E-state index in [1.54, 1.807) is 43.3 Å². The van der Waals surface area contributed by atoms with Crippen molar-refractivity contribution < 1.29 is 21.6 Å². The Balaban J connectivity index is 1.27. The van der Waals surface area contributed by atoms with Crippen molar-refractivity contribution in [3.8, 4) is 0 Å². The smallest absolute Gasteiger partial charge is 0.261 e. The summed E-state index contributed by atoms with van der Waals surface area (Å²) in [5.41, 5.74) is 2.11. The summed E-state index contributed by atoms with van der Waals surface area (Å²) in [5, 5.41) is 4.44. The second-order valence-electron chi connectivity index (χ2n) is 9.06. The maximum Gasteiger partial charge on any atom is 0.261 e. The van der Waals surface area contributed by atoms with Crippen molar-refractivity contribution in [2.24, 2.45) is 0 Å². The Morgan fingerprint density at radius 3 is 1.90 bits per heavy atom. The molecule has 5 aromatic rings. The van der Waals surface area contributed by atoms with Gasteiger partial charge in [-0.05, 0) is 78.5 Å². The van der Waals surface area contributed by atoms with Crippen LogP contribution in [0.1, 0.15) is 15.9 Å². The Bertz CT molecular complexity index is 1920. The topological polar surface area (TPSA) is 121 Å². The first-order valence-corrected chi connectivity index (χ1v) is 15.2. The Morgan fingerprint density at radius 1 is 0.600 bits per heavy atom. The normalized spacial score (nSPS) is 11.6. The average Bonchev–Trinajstić information content (AvgIpc) is 2.95. The average molecular weight is 572 g/mol. The summed E-state index contributed by atoms with van der Waals surface area (Å²) in [7, 11) is -7.64. The zero-order valence-corrected chi connectivity index (χ0v) is 23.0. The SMILES string of the molecule is Cc1cc(C(=O)Nc2ccc(S(=O)(=O)Nc3cccc4ccccc34)cc2)ccc1NS(=O)(=O)c1ccccc1. The number of anilines is 3. The predicted octanol–water partition coefficient (Wildman–Crippen LogP) is 6.00. The molecule has 202 valence electrons. The van der Waals surface area contributed by atoms with E-state index < -0.39 is 26.0 Å². The molecule has 0 radical (unpaired) electrons. The molecule has 0 bridgehead atoms.